The van der Waals surface area contributed by atoms with Crippen molar-refractivity contribution in [2.24, 2.45) is 0 Å². The first-order valence-corrected chi connectivity index (χ1v) is 6.02. The van der Waals surface area contributed by atoms with E-state index in [-0.39, 0.29) is 11.2 Å². The fraction of sp³-hybridized carbons (Fsp3) is 0.385. The van der Waals surface area contributed by atoms with E-state index in [1.54, 1.807) is 0 Å². The number of hydrogen-bond acceptors (Lipinski definition) is 2. The van der Waals surface area contributed by atoms with Gasteiger partial charge in [-0.05, 0) is 44.4 Å². The van der Waals surface area contributed by atoms with Gasteiger partial charge in [0.15, 0.2) is 0 Å². The molecule has 1 fully saturated rings. The predicted molar refractivity (Wildman–Crippen MR) is 67.8 cm³/mol. The van der Waals surface area contributed by atoms with E-state index in [0.29, 0.717) is 0 Å². The Hall–Kier alpha value is -2.11. The maximum atomic E-state index is 13.4. The number of amides is 2. The number of aromatic carboxylic acids is 1. The molecule has 2 amide bonds. The number of carbonyl (C=O) groups excluding carboxylic acids is 1. The van der Waals surface area contributed by atoms with Gasteiger partial charge in [0.1, 0.15) is 5.82 Å². The zero-order valence-electron chi connectivity index (χ0n) is 10.5. The molecule has 19 heavy (non-hydrogen) atoms. The van der Waals surface area contributed by atoms with Crippen molar-refractivity contribution >= 4 is 17.7 Å². The molecule has 1 aliphatic carbocycles. The highest BCUT2D eigenvalue weighted by atomic mass is 19.1. The molecule has 1 saturated carbocycles. The van der Waals surface area contributed by atoms with Crippen LogP contribution in [0.2, 0.25) is 0 Å². The molecule has 0 aromatic heterocycles. The summed E-state index contributed by atoms with van der Waals surface area (Å²) in [5.41, 5.74) is -0.385. The third kappa shape index (κ3) is 3.01. The number of anilines is 1. The molecule has 0 aliphatic heterocycles. The van der Waals surface area contributed by atoms with Gasteiger partial charge >= 0.3 is 12.0 Å². The minimum atomic E-state index is -1.34. The molecule has 6 heteroatoms. The molecular formula is C13H15FN2O3. The fourth-order valence-electron chi connectivity index (χ4n) is 2.03. The van der Waals surface area contributed by atoms with Crippen LogP contribution < -0.4 is 10.6 Å². The highest BCUT2D eigenvalue weighted by molar-refractivity contribution is 5.92. The Morgan fingerprint density at radius 3 is 2.53 bits per heavy atom. The SMILES string of the molecule is CC1(NC(=O)Nc2ccc(C(=O)O)c(F)c2)CCC1. The number of urea groups is 1. The van der Waals surface area contributed by atoms with Gasteiger partial charge in [0.2, 0.25) is 0 Å². The highest BCUT2D eigenvalue weighted by Gasteiger charge is 2.33. The van der Waals surface area contributed by atoms with E-state index in [0.717, 1.165) is 31.4 Å². The van der Waals surface area contributed by atoms with Gasteiger partial charge < -0.3 is 15.7 Å². The average molecular weight is 266 g/mol. The second kappa shape index (κ2) is 4.87. The van der Waals surface area contributed by atoms with E-state index in [1.165, 1.54) is 6.07 Å². The smallest absolute Gasteiger partial charge is 0.338 e. The minimum absolute atomic E-state index is 0.191. The summed E-state index contributed by atoms with van der Waals surface area (Å²) in [6.07, 6.45) is 2.93. The first-order valence-electron chi connectivity index (χ1n) is 6.02. The maximum absolute atomic E-state index is 13.4. The number of rotatable bonds is 3. The fourth-order valence-corrected chi connectivity index (χ4v) is 2.03. The topological polar surface area (TPSA) is 78.4 Å². The van der Waals surface area contributed by atoms with Crippen molar-refractivity contribution < 1.29 is 19.1 Å². The maximum Gasteiger partial charge on any atom is 0.338 e. The molecule has 0 radical (unpaired) electrons. The van der Waals surface area contributed by atoms with Crippen molar-refractivity contribution in [3.63, 3.8) is 0 Å². The van der Waals surface area contributed by atoms with Gasteiger partial charge in [0.05, 0.1) is 5.56 Å². The zero-order chi connectivity index (χ0) is 14.0. The van der Waals surface area contributed by atoms with E-state index in [9.17, 15) is 14.0 Å². The molecule has 0 saturated heterocycles. The van der Waals surface area contributed by atoms with Gasteiger partial charge in [0.25, 0.3) is 0 Å². The third-order valence-electron chi connectivity index (χ3n) is 3.33. The Morgan fingerprint density at radius 1 is 1.37 bits per heavy atom. The summed E-state index contributed by atoms with van der Waals surface area (Å²) in [4.78, 5) is 22.3. The van der Waals surface area contributed by atoms with Crippen LogP contribution >= 0.6 is 0 Å². The lowest BCUT2D eigenvalue weighted by molar-refractivity contribution is 0.0692. The Balaban J connectivity index is 2.01. The minimum Gasteiger partial charge on any atom is -0.478 e. The van der Waals surface area contributed by atoms with E-state index in [4.69, 9.17) is 5.11 Å². The summed E-state index contributed by atoms with van der Waals surface area (Å²) in [6.45, 7) is 1.95. The van der Waals surface area contributed by atoms with Gasteiger partial charge in [-0.1, -0.05) is 0 Å². The number of nitrogens with one attached hydrogen (secondary N) is 2. The van der Waals surface area contributed by atoms with Crippen LogP contribution in [0.4, 0.5) is 14.9 Å². The molecule has 1 aromatic carbocycles. The molecule has 0 bridgehead atoms. The normalized spacial score (nSPS) is 16.3. The van der Waals surface area contributed by atoms with Crippen molar-refractivity contribution in [1.82, 2.24) is 5.32 Å². The Morgan fingerprint density at radius 2 is 2.05 bits per heavy atom. The van der Waals surface area contributed by atoms with E-state index in [2.05, 4.69) is 10.6 Å². The van der Waals surface area contributed by atoms with E-state index in [1.807, 2.05) is 6.92 Å². The predicted octanol–water partition coefficient (Wildman–Crippen LogP) is 2.59. The zero-order valence-corrected chi connectivity index (χ0v) is 10.5. The van der Waals surface area contributed by atoms with Crippen molar-refractivity contribution in [3.05, 3.63) is 29.6 Å². The molecule has 1 aromatic rings. The molecular weight excluding hydrogens is 251 g/mol. The van der Waals surface area contributed by atoms with Gasteiger partial charge in [-0.3, -0.25) is 0 Å². The van der Waals surface area contributed by atoms with Crippen LogP contribution in [0.1, 0.15) is 36.5 Å². The second-order valence-corrected chi connectivity index (χ2v) is 4.99. The summed E-state index contributed by atoms with van der Waals surface area (Å²) >= 11 is 0. The summed E-state index contributed by atoms with van der Waals surface area (Å²) in [7, 11) is 0. The van der Waals surface area contributed by atoms with E-state index >= 15 is 0 Å². The lowest BCUT2D eigenvalue weighted by Gasteiger charge is -2.38. The van der Waals surface area contributed by atoms with Crippen LogP contribution in [-0.4, -0.2) is 22.6 Å². The van der Waals surface area contributed by atoms with Crippen LogP contribution in [0.3, 0.4) is 0 Å². The largest absolute Gasteiger partial charge is 0.478 e. The lowest BCUT2D eigenvalue weighted by atomic mass is 9.79. The van der Waals surface area contributed by atoms with Gasteiger partial charge in [-0.2, -0.15) is 0 Å². The molecule has 0 unspecified atom stereocenters. The molecule has 0 spiro atoms. The van der Waals surface area contributed by atoms with Gasteiger partial charge in [0, 0.05) is 11.2 Å². The van der Waals surface area contributed by atoms with E-state index < -0.39 is 23.4 Å². The standard InChI is InChI=1S/C13H15FN2O3/c1-13(5-2-6-13)16-12(19)15-8-3-4-9(11(17)18)10(14)7-8/h3-4,7H,2,5-6H2,1H3,(H,17,18)(H2,15,16,19). The van der Waals surface area contributed by atoms with Gasteiger partial charge in [-0.25, -0.2) is 14.0 Å². The van der Waals surface area contributed by atoms with Crippen molar-refractivity contribution in [2.75, 3.05) is 5.32 Å². The quantitative estimate of drug-likeness (QED) is 0.786. The molecule has 3 N–H and O–H groups in total. The molecule has 102 valence electrons. The summed E-state index contributed by atoms with van der Waals surface area (Å²) in [6, 6.07) is 3.06. The first-order chi connectivity index (χ1) is 8.89. The first kappa shape index (κ1) is 13.3. The number of carboxylic acids is 1. The lowest BCUT2D eigenvalue weighted by Crippen LogP contribution is -2.52. The molecule has 0 atom stereocenters. The summed E-state index contributed by atoms with van der Waals surface area (Å²) in [5.74, 6) is -2.21. The molecule has 2 rings (SSSR count). The van der Waals surface area contributed by atoms with Crippen molar-refractivity contribution in [1.29, 1.82) is 0 Å². The average Bonchev–Trinajstić information content (AvgIpc) is 2.26. The Labute approximate surface area is 109 Å². The summed E-state index contributed by atoms with van der Waals surface area (Å²) in [5, 5.41) is 14.0. The molecule has 1 aliphatic rings. The van der Waals surface area contributed by atoms with Crippen LogP contribution in [0.25, 0.3) is 0 Å². The molecule has 0 heterocycles. The molecule has 5 nitrogen and oxygen atoms in total. The number of benzene rings is 1. The number of hydrogen-bond donors (Lipinski definition) is 3. The van der Waals surface area contributed by atoms with Gasteiger partial charge in [-0.15, -0.1) is 0 Å². The van der Waals surface area contributed by atoms with Crippen LogP contribution in [-0.2, 0) is 0 Å². The van der Waals surface area contributed by atoms with Crippen molar-refractivity contribution in [2.45, 2.75) is 31.7 Å². The number of carboxylic acid groups (broad SMARTS) is 1. The van der Waals surface area contributed by atoms with Crippen LogP contribution in [0.15, 0.2) is 18.2 Å². The second-order valence-electron chi connectivity index (χ2n) is 4.99. The Kier molecular flexibility index (Phi) is 3.42. The summed E-state index contributed by atoms with van der Waals surface area (Å²) < 4.78 is 13.4. The monoisotopic (exact) mass is 266 g/mol. The number of halogens is 1. The highest BCUT2D eigenvalue weighted by Crippen LogP contribution is 2.30. The van der Waals surface area contributed by atoms with Crippen molar-refractivity contribution in [3.8, 4) is 0 Å². The Bertz CT molecular complexity index is 527. The van der Waals surface area contributed by atoms with Crippen LogP contribution in [0, 0.1) is 5.82 Å². The number of carbonyl (C=O) groups is 2. The third-order valence-corrected chi connectivity index (χ3v) is 3.33. The van der Waals surface area contributed by atoms with Crippen LogP contribution in [0.5, 0.6) is 0 Å².